The summed E-state index contributed by atoms with van der Waals surface area (Å²) in [4.78, 5) is 32.6. The van der Waals surface area contributed by atoms with Gasteiger partial charge in [-0.2, -0.15) is 0 Å². The molecule has 2 N–H and O–H groups in total. The van der Waals surface area contributed by atoms with Crippen LogP contribution in [0.15, 0.2) is 59.5 Å². The number of carbonyl (C=O) groups excluding carboxylic acids is 2. The predicted molar refractivity (Wildman–Crippen MR) is 124 cm³/mol. The molecule has 9 nitrogen and oxygen atoms in total. The van der Waals surface area contributed by atoms with Crippen molar-refractivity contribution in [2.75, 3.05) is 17.1 Å². The van der Waals surface area contributed by atoms with Gasteiger partial charge in [0.25, 0.3) is 10.0 Å². The van der Waals surface area contributed by atoms with Crippen LogP contribution in [0, 0.1) is 13.8 Å². The van der Waals surface area contributed by atoms with Crippen molar-refractivity contribution in [2.24, 2.45) is 0 Å². The number of nitrogens with zero attached hydrogens (tertiary/aromatic N) is 2. The van der Waals surface area contributed by atoms with Crippen molar-refractivity contribution in [1.82, 2.24) is 9.97 Å². The van der Waals surface area contributed by atoms with Gasteiger partial charge in [0.2, 0.25) is 11.9 Å². The Morgan fingerprint density at radius 2 is 1.52 bits per heavy atom. The van der Waals surface area contributed by atoms with Crippen LogP contribution < -0.4 is 14.8 Å². The smallest absolute Gasteiger partial charge is 0.264 e. The largest absolute Gasteiger partial charge is 0.497 e. The molecule has 1 aromatic heterocycles. The summed E-state index contributed by atoms with van der Waals surface area (Å²) in [5.41, 5.74) is 2.20. The molecule has 0 aliphatic heterocycles. The lowest BCUT2D eigenvalue weighted by molar-refractivity contribution is -0.116. The van der Waals surface area contributed by atoms with E-state index in [0.29, 0.717) is 28.4 Å². The fraction of sp³-hybridized carbons (Fsp3) is 0.217. The Kier molecular flexibility index (Phi) is 7.39. The molecule has 0 radical (unpaired) electrons. The van der Waals surface area contributed by atoms with Crippen LogP contribution in [0.5, 0.6) is 5.75 Å². The molecule has 172 valence electrons. The van der Waals surface area contributed by atoms with Crippen LogP contribution >= 0.6 is 0 Å². The monoisotopic (exact) mass is 468 g/mol. The maximum atomic E-state index is 12.6. The number of nitrogens with one attached hydrogen (secondary N) is 2. The summed E-state index contributed by atoms with van der Waals surface area (Å²) in [6.07, 6.45) is 0.0426. The predicted octanol–water partition coefficient (Wildman–Crippen LogP) is 3.50. The summed E-state index contributed by atoms with van der Waals surface area (Å²) < 4.78 is 32.6. The fourth-order valence-electron chi connectivity index (χ4n) is 3.04. The van der Waals surface area contributed by atoms with Crippen LogP contribution in [-0.4, -0.2) is 37.2 Å². The Labute approximate surface area is 192 Å². The third-order valence-corrected chi connectivity index (χ3v) is 5.99. The number of rotatable bonds is 9. The Morgan fingerprint density at radius 1 is 0.909 bits per heavy atom. The van der Waals surface area contributed by atoms with Gasteiger partial charge in [0.05, 0.1) is 12.0 Å². The molecule has 0 unspecified atom stereocenters. The van der Waals surface area contributed by atoms with Gasteiger partial charge in [0.15, 0.2) is 5.78 Å². The van der Waals surface area contributed by atoms with Gasteiger partial charge in [-0.1, -0.05) is 0 Å². The van der Waals surface area contributed by atoms with Crippen molar-refractivity contribution in [3.63, 3.8) is 0 Å². The van der Waals surface area contributed by atoms with Crippen molar-refractivity contribution < 1.29 is 22.7 Å². The number of methoxy groups -OCH3 is 1. The second-order valence-corrected chi connectivity index (χ2v) is 8.99. The van der Waals surface area contributed by atoms with E-state index in [9.17, 15) is 18.0 Å². The maximum Gasteiger partial charge on any atom is 0.264 e. The Bertz CT molecular complexity index is 1240. The van der Waals surface area contributed by atoms with Gasteiger partial charge in [-0.05, 0) is 68.4 Å². The van der Waals surface area contributed by atoms with Crippen molar-refractivity contribution in [2.45, 2.75) is 31.6 Å². The van der Waals surface area contributed by atoms with Gasteiger partial charge in [-0.25, -0.2) is 23.1 Å². The van der Waals surface area contributed by atoms with E-state index < -0.39 is 10.0 Å². The highest BCUT2D eigenvalue weighted by molar-refractivity contribution is 7.92. The number of ether oxygens (including phenoxy) is 1. The number of anilines is 2. The van der Waals surface area contributed by atoms with E-state index in [2.05, 4.69) is 20.0 Å². The number of sulfonamides is 1. The van der Waals surface area contributed by atoms with E-state index in [-0.39, 0.29) is 35.4 Å². The highest BCUT2D eigenvalue weighted by Gasteiger charge is 2.16. The van der Waals surface area contributed by atoms with E-state index in [1.165, 1.54) is 24.3 Å². The average Bonchev–Trinajstić information content (AvgIpc) is 2.77. The molecule has 3 aromatic rings. The van der Waals surface area contributed by atoms with Crippen LogP contribution in [0.1, 0.15) is 34.6 Å². The zero-order chi connectivity index (χ0) is 24.0. The molecule has 33 heavy (non-hydrogen) atoms. The molecular weight excluding hydrogens is 444 g/mol. The van der Waals surface area contributed by atoms with Crippen molar-refractivity contribution >= 4 is 33.3 Å². The molecule has 3 rings (SSSR count). The Morgan fingerprint density at radius 3 is 2.09 bits per heavy atom. The zero-order valence-electron chi connectivity index (χ0n) is 18.5. The first-order valence-corrected chi connectivity index (χ1v) is 11.6. The molecule has 10 heteroatoms. The minimum absolute atomic E-state index is 0.00191. The molecule has 0 spiro atoms. The first-order valence-electron chi connectivity index (χ1n) is 10.1. The Hall–Kier alpha value is -3.79. The molecule has 0 fully saturated rings. The molecule has 0 aliphatic rings. The third kappa shape index (κ3) is 6.59. The van der Waals surface area contributed by atoms with Crippen molar-refractivity contribution in [1.29, 1.82) is 0 Å². The minimum Gasteiger partial charge on any atom is -0.497 e. The second kappa shape index (κ2) is 10.2. The van der Waals surface area contributed by atoms with Crippen LogP contribution in [0.4, 0.5) is 11.6 Å². The topological polar surface area (TPSA) is 127 Å². The van der Waals surface area contributed by atoms with Crippen LogP contribution in [0.25, 0.3) is 0 Å². The molecular formula is C23H24N4O5S. The lowest BCUT2D eigenvalue weighted by atomic mass is 10.1. The highest BCUT2D eigenvalue weighted by Crippen LogP contribution is 2.18. The van der Waals surface area contributed by atoms with E-state index in [1.54, 1.807) is 51.3 Å². The van der Waals surface area contributed by atoms with E-state index in [0.717, 1.165) is 0 Å². The molecule has 0 aliphatic carbocycles. The summed E-state index contributed by atoms with van der Waals surface area (Å²) in [5.74, 6) is 0.126. The number of carbonyl (C=O) groups is 2. The SMILES string of the molecule is COc1ccc(C(=O)CCC(=O)Nc2ccc(S(=O)(=O)Nc3nc(C)cc(C)n3)cc2)cc1. The molecule has 2 aromatic carbocycles. The molecule has 0 atom stereocenters. The first kappa shape index (κ1) is 23.9. The second-order valence-electron chi connectivity index (χ2n) is 7.30. The Balaban J connectivity index is 1.56. The number of benzene rings is 2. The average molecular weight is 469 g/mol. The number of aromatic nitrogens is 2. The third-order valence-electron chi connectivity index (χ3n) is 4.65. The van der Waals surface area contributed by atoms with Crippen molar-refractivity contribution in [3.8, 4) is 5.75 Å². The quantitative estimate of drug-likeness (QED) is 0.460. The summed E-state index contributed by atoms with van der Waals surface area (Å²) >= 11 is 0. The van der Waals surface area contributed by atoms with Crippen LogP contribution in [0.2, 0.25) is 0 Å². The van der Waals surface area contributed by atoms with Gasteiger partial charge in [0, 0.05) is 35.5 Å². The highest BCUT2D eigenvalue weighted by atomic mass is 32.2. The van der Waals surface area contributed by atoms with Crippen LogP contribution in [0.3, 0.4) is 0 Å². The van der Waals surface area contributed by atoms with Gasteiger partial charge in [0.1, 0.15) is 5.75 Å². The van der Waals surface area contributed by atoms with E-state index in [4.69, 9.17) is 4.74 Å². The van der Waals surface area contributed by atoms with E-state index >= 15 is 0 Å². The minimum atomic E-state index is -3.89. The fourth-order valence-corrected chi connectivity index (χ4v) is 3.98. The number of hydrogen-bond acceptors (Lipinski definition) is 7. The first-order chi connectivity index (χ1) is 15.7. The zero-order valence-corrected chi connectivity index (χ0v) is 19.3. The summed E-state index contributed by atoms with van der Waals surface area (Å²) in [6, 6.07) is 14.1. The van der Waals surface area contributed by atoms with Crippen LogP contribution in [-0.2, 0) is 14.8 Å². The summed E-state index contributed by atoms with van der Waals surface area (Å²) in [7, 11) is -2.35. The molecule has 1 amide bonds. The summed E-state index contributed by atoms with van der Waals surface area (Å²) in [5, 5.41) is 2.66. The summed E-state index contributed by atoms with van der Waals surface area (Å²) in [6.45, 7) is 3.49. The standard InChI is InChI=1S/C23H24N4O5S/c1-15-14-16(2)25-23(24-15)27-33(30,31)20-10-6-18(7-11-20)26-22(29)13-12-21(28)17-4-8-19(32-3)9-5-17/h4-11,14H,12-13H2,1-3H3,(H,26,29)(H,24,25,27). The molecule has 0 saturated carbocycles. The molecule has 0 saturated heterocycles. The lowest BCUT2D eigenvalue weighted by Crippen LogP contribution is -2.16. The molecule has 0 bridgehead atoms. The van der Waals surface area contributed by atoms with Crippen molar-refractivity contribution in [3.05, 3.63) is 71.5 Å². The van der Waals surface area contributed by atoms with Gasteiger partial charge < -0.3 is 10.1 Å². The van der Waals surface area contributed by atoms with E-state index in [1.807, 2.05) is 0 Å². The van der Waals surface area contributed by atoms with Gasteiger partial charge in [-0.3, -0.25) is 9.59 Å². The lowest BCUT2D eigenvalue weighted by Gasteiger charge is -2.09. The number of hydrogen-bond donors (Lipinski definition) is 2. The van der Waals surface area contributed by atoms with Gasteiger partial charge >= 0.3 is 0 Å². The molecule has 1 heterocycles. The maximum absolute atomic E-state index is 12.6. The normalized spacial score (nSPS) is 11.0. The number of Topliss-reactive ketones (excluding diaryl/α,β-unsaturated/α-hetero) is 1. The number of ketones is 1. The number of aryl methyl sites for hydroxylation is 2. The van der Waals surface area contributed by atoms with Gasteiger partial charge in [-0.15, -0.1) is 0 Å². The number of amides is 1.